The van der Waals surface area contributed by atoms with E-state index in [1.54, 1.807) is 24.3 Å². The highest BCUT2D eigenvalue weighted by molar-refractivity contribution is 7.90. The summed E-state index contributed by atoms with van der Waals surface area (Å²) in [6.07, 6.45) is 1.41. The number of phenolic OH excluding ortho intramolecular Hbond substituents is 1. The van der Waals surface area contributed by atoms with Crippen molar-refractivity contribution in [3.63, 3.8) is 0 Å². The Morgan fingerprint density at radius 2 is 1.93 bits per heavy atom. The molecule has 0 fully saturated rings. The first-order valence-corrected chi connectivity index (χ1v) is 10.7. The molecule has 3 unspecified atom stereocenters. The predicted octanol–water partition coefficient (Wildman–Crippen LogP) is 2.66. The molecule has 2 aromatic carbocycles. The zero-order chi connectivity index (χ0) is 21.4. The Kier molecular flexibility index (Phi) is 8.87. The van der Waals surface area contributed by atoms with Crippen molar-refractivity contribution in [1.82, 2.24) is 5.32 Å². The molecule has 9 heteroatoms. The summed E-state index contributed by atoms with van der Waals surface area (Å²) in [5, 5.41) is 33.9. The van der Waals surface area contributed by atoms with Crippen molar-refractivity contribution < 1.29 is 24.4 Å². The summed E-state index contributed by atoms with van der Waals surface area (Å²) in [6.45, 7) is 3.16. The van der Waals surface area contributed by atoms with Crippen LogP contribution in [0.3, 0.4) is 0 Å². The standard InChI is InChI=1S/C20H26N2O6S/c1-14(9-10-28-13-15-3-6-17(7-4-15)22(25)26)21-12-19(24)16-5-8-18(23)20(11-16)29(2)27/h3-8,11,14,19,21,23-24H,9-10,12-13H2,1-2H3. The minimum atomic E-state index is -1.34. The summed E-state index contributed by atoms with van der Waals surface area (Å²) in [6, 6.07) is 10.9. The van der Waals surface area contributed by atoms with E-state index in [0.717, 1.165) is 12.0 Å². The molecule has 0 amide bonds. The normalized spacial score (nSPS) is 14.3. The second-order valence-corrected chi connectivity index (χ2v) is 8.12. The largest absolute Gasteiger partial charge is 0.612 e. The van der Waals surface area contributed by atoms with Crippen LogP contribution >= 0.6 is 0 Å². The van der Waals surface area contributed by atoms with Crippen molar-refractivity contribution in [1.29, 1.82) is 0 Å². The number of ether oxygens (including phenoxy) is 1. The number of benzene rings is 2. The van der Waals surface area contributed by atoms with E-state index in [9.17, 15) is 24.9 Å². The smallest absolute Gasteiger partial charge is 0.269 e. The van der Waals surface area contributed by atoms with Crippen LogP contribution in [0.2, 0.25) is 0 Å². The average molecular weight is 423 g/mol. The fraction of sp³-hybridized carbons (Fsp3) is 0.400. The Labute approximate surface area is 172 Å². The highest BCUT2D eigenvalue weighted by atomic mass is 32.2. The lowest BCUT2D eigenvalue weighted by Crippen LogP contribution is -2.31. The molecule has 0 aliphatic heterocycles. The molecule has 29 heavy (non-hydrogen) atoms. The lowest BCUT2D eigenvalue weighted by Gasteiger charge is -2.18. The Balaban J connectivity index is 1.70. The van der Waals surface area contributed by atoms with Crippen molar-refractivity contribution in [2.45, 2.75) is 37.0 Å². The molecule has 2 rings (SSSR count). The van der Waals surface area contributed by atoms with Gasteiger partial charge in [0, 0.05) is 37.4 Å². The van der Waals surface area contributed by atoms with Gasteiger partial charge in [-0.15, -0.1) is 0 Å². The molecule has 8 nitrogen and oxygen atoms in total. The lowest BCUT2D eigenvalue weighted by molar-refractivity contribution is -0.384. The number of nitro groups is 1. The number of aliphatic hydroxyl groups is 1. The highest BCUT2D eigenvalue weighted by Gasteiger charge is 2.16. The van der Waals surface area contributed by atoms with Crippen LogP contribution in [0.4, 0.5) is 5.69 Å². The van der Waals surface area contributed by atoms with E-state index in [2.05, 4.69) is 5.32 Å². The maximum atomic E-state index is 11.6. The van der Waals surface area contributed by atoms with E-state index in [1.807, 2.05) is 6.92 Å². The van der Waals surface area contributed by atoms with Crippen molar-refractivity contribution in [2.24, 2.45) is 0 Å². The van der Waals surface area contributed by atoms with E-state index in [-0.39, 0.29) is 17.5 Å². The van der Waals surface area contributed by atoms with Crippen LogP contribution in [-0.4, -0.2) is 45.1 Å². The van der Waals surface area contributed by atoms with Gasteiger partial charge in [0.15, 0.2) is 10.6 Å². The molecule has 3 N–H and O–H groups in total. The van der Waals surface area contributed by atoms with Crippen LogP contribution in [0.25, 0.3) is 0 Å². The number of nitrogens with zero attached hydrogens (tertiary/aromatic N) is 1. The third-order valence-corrected chi connectivity index (χ3v) is 5.40. The highest BCUT2D eigenvalue weighted by Crippen LogP contribution is 2.26. The molecule has 3 atom stereocenters. The van der Waals surface area contributed by atoms with Gasteiger partial charge in [0.1, 0.15) is 6.26 Å². The number of nitro benzene ring substituents is 1. The topological polar surface area (TPSA) is 128 Å². The van der Waals surface area contributed by atoms with Gasteiger partial charge in [0.05, 0.1) is 17.6 Å². The van der Waals surface area contributed by atoms with E-state index >= 15 is 0 Å². The fourth-order valence-corrected chi connectivity index (χ4v) is 3.33. The Morgan fingerprint density at radius 3 is 2.55 bits per heavy atom. The SMILES string of the molecule is CC(CCOCc1ccc([N+](=O)[O-])cc1)NCC(O)c1ccc(O)c([S+](C)[O-])c1. The minimum Gasteiger partial charge on any atom is -0.612 e. The Morgan fingerprint density at radius 1 is 1.24 bits per heavy atom. The molecular weight excluding hydrogens is 396 g/mol. The molecule has 158 valence electrons. The molecule has 0 aliphatic carbocycles. The molecule has 0 saturated heterocycles. The zero-order valence-electron chi connectivity index (χ0n) is 16.4. The van der Waals surface area contributed by atoms with Crippen LogP contribution in [0.5, 0.6) is 5.75 Å². The van der Waals surface area contributed by atoms with Crippen molar-refractivity contribution >= 4 is 16.9 Å². The van der Waals surface area contributed by atoms with Crippen LogP contribution in [0.15, 0.2) is 47.4 Å². The van der Waals surface area contributed by atoms with Crippen LogP contribution < -0.4 is 5.32 Å². The number of phenols is 1. The van der Waals surface area contributed by atoms with E-state index in [4.69, 9.17) is 4.74 Å². The van der Waals surface area contributed by atoms with Gasteiger partial charge >= 0.3 is 0 Å². The molecule has 2 aromatic rings. The second kappa shape index (κ2) is 11.1. The van der Waals surface area contributed by atoms with Crippen molar-refractivity contribution in [3.8, 4) is 5.75 Å². The first-order chi connectivity index (χ1) is 13.8. The van der Waals surface area contributed by atoms with Gasteiger partial charge < -0.3 is 24.8 Å². The number of aromatic hydroxyl groups is 1. The van der Waals surface area contributed by atoms with Gasteiger partial charge in [0.2, 0.25) is 0 Å². The van der Waals surface area contributed by atoms with Crippen LogP contribution in [-0.2, 0) is 22.5 Å². The van der Waals surface area contributed by atoms with Gasteiger partial charge in [0.25, 0.3) is 5.69 Å². The number of aliphatic hydroxyl groups excluding tert-OH is 1. The number of rotatable bonds is 11. The average Bonchev–Trinajstić information content (AvgIpc) is 2.69. The maximum Gasteiger partial charge on any atom is 0.269 e. The fourth-order valence-electron chi connectivity index (χ4n) is 2.66. The summed E-state index contributed by atoms with van der Waals surface area (Å²) in [4.78, 5) is 10.5. The van der Waals surface area contributed by atoms with Gasteiger partial charge in [-0.05, 0) is 53.8 Å². The number of non-ortho nitro benzene ring substituents is 1. The molecule has 0 radical (unpaired) electrons. The van der Waals surface area contributed by atoms with Gasteiger partial charge in [-0.2, -0.15) is 0 Å². The molecule has 0 heterocycles. The molecule has 0 aliphatic rings. The van der Waals surface area contributed by atoms with E-state index < -0.39 is 22.2 Å². The van der Waals surface area contributed by atoms with E-state index in [1.165, 1.54) is 24.5 Å². The Bertz CT molecular complexity index is 800. The van der Waals surface area contributed by atoms with Gasteiger partial charge in [-0.3, -0.25) is 10.1 Å². The quantitative estimate of drug-likeness (QED) is 0.220. The molecular formula is C20H26N2O6S. The molecule has 0 spiro atoms. The van der Waals surface area contributed by atoms with Crippen molar-refractivity contribution in [2.75, 3.05) is 19.4 Å². The predicted molar refractivity (Wildman–Crippen MR) is 110 cm³/mol. The number of hydrogen-bond donors (Lipinski definition) is 3. The summed E-state index contributed by atoms with van der Waals surface area (Å²) >= 11 is -1.34. The summed E-state index contributed by atoms with van der Waals surface area (Å²) < 4.78 is 17.2. The monoisotopic (exact) mass is 422 g/mol. The first-order valence-electron chi connectivity index (χ1n) is 9.16. The number of hydrogen-bond acceptors (Lipinski definition) is 7. The number of nitrogens with one attached hydrogen (secondary N) is 1. The van der Waals surface area contributed by atoms with Crippen molar-refractivity contribution in [3.05, 3.63) is 63.7 Å². The summed E-state index contributed by atoms with van der Waals surface area (Å²) in [7, 11) is 0. The molecule has 0 aromatic heterocycles. The maximum absolute atomic E-state index is 11.6. The minimum absolute atomic E-state index is 0.0479. The first kappa shape index (κ1) is 23.1. The lowest BCUT2D eigenvalue weighted by atomic mass is 10.1. The molecule has 0 saturated carbocycles. The third kappa shape index (κ3) is 7.30. The molecule has 0 bridgehead atoms. The van der Waals surface area contributed by atoms with Crippen LogP contribution in [0, 0.1) is 10.1 Å². The zero-order valence-corrected chi connectivity index (χ0v) is 17.2. The van der Waals surface area contributed by atoms with Gasteiger partial charge in [-0.1, -0.05) is 6.07 Å². The Hall–Kier alpha value is -2.17. The third-order valence-electron chi connectivity index (χ3n) is 4.45. The second-order valence-electron chi connectivity index (χ2n) is 6.77. The summed E-state index contributed by atoms with van der Waals surface area (Å²) in [5.74, 6) is -0.0479. The van der Waals surface area contributed by atoms with Gasteiger partial charge in [-0.25, -0.2) is 0 Å². The summed E-state index contributed by atoms with van der Waals surface area (Å²) in [5.41, 5.74) is 1.50. The van der Waals surface area contributed by atoms with Crippen LogP contribution in [0.1, 0.15) is 30.6 Å². The van der Waals surface area contributed by atoms with E-state index in [0.29, 0.717) is 30.2 Å².